The lowest BCUT2D eigenvalue weighted by molar-refractivity contribution is -0.161. The third-order valence-electron chi connectivity index (χ3n) is 8.99. The van der Waals surface area contributed by atoms with Gasteiger partial charge in [-0.2, -0.15) is 5.26 Å². The number of carbonyl (C=O) groups excluding carboxylic acids is 1. The fourth-order valence-corrected chi connectivity index (χ4v) is 7.80. The van der Waals surface area contributed by atoms with E-state index in [0.717, 1.165) is 42.9 Å². The summed E-state index contributed by atoms with van der Waals surface area (Å²) in [6.07, 6.45) is 12.9. The Morgan fingerprint density at radius 3 is 2.65 bits per heavy atom. The zero-order chi connectivity index (χ0) is 18.5. The number of fused-ring (bicyclic) bond motifs is 5. The molecule has 0 N–H and O–H groups in total. The van der Waals surface area contributed by atoms with Crippen molar-refractivity contribution >= 4 is 5.97 Å². The largest absolute Gasteiger partial charge is 0.463 e. The maximum Gasteiger partial charge on any atom is 0.302 e. The first kappa shape index (κ1) is 18.1. The zero-order valence-electron chi connectivity index (χ0n) is 16.6. The summed E-state index contributed by atoms with van der Waals surface area (Å²) < 4.78 is 5.66. The molecule has 0 amide bonds. The van der Waals surface area contributed by atoms with Gasteiger partial charge in [-0.1, -0.05) is 19.4 Å². The van der Waals surface area contributed by atoms with Crippen LogP contribution in [0.5, 0.6) is 0 Å². The first-order chi connectivity index (χ1) is 12.4. The number of carbonyl (C=O) groups is 1. The lowest BCUT2D eigenvalue weighted by atomic mass is 9.45. The monoisotopic (exact) mass is 355 g/mol. The highest BCUT2D eigenvalue weighted by Crippen LogP contribution is 2.67. The summed E-state index contributed by atoms with van der Waals surface area (Å²) in [7, 11) is 0. The van der Waals surface area contributed by atoms with Crippen LogP contribution < -0.4 is 0 Å². The molecule has 4 saturated carbocycles. The Hall–Kier alpha value is -1.30. The summed E-state index contributed by atoms with van der Waals surface area (Å²) in [5.41, 5.74) is 1.99. The molecule has 4 aliphatic carbocycles. The number of hydrogen-bond acceptors (Lipinski definition) is 3. The van der Waals surface area contributed by atoms with E-state index >= 15 is 0 Å². The van der Waals surface area contributed by atoms with Crippen molar-refractivity contribution in [1.29, 1.82) is 5.26 Å². The molecule has 7 atom stereocenters. The minimum atomic E-state index is -0.122. The van der Waals surface area contributed by atoms with Gasteiger partial charge in [-0.05, 0) is 92.3 Å². The maximum atomic E-state index is 11.5. The van der Waals surface area contributed by atoms with Crippen LogP contribution >= 0.6 is 0 Å². The van der Waals surface area contributed by atoms with Crippen LogP contribution in [0.2, 0.25) is 0 Å². The smallest absolute Gasteiger partial charge is 0.302 e. The van der Waals surface area contributed by atoms with Gasteiger partial charge in [0.25, 0.3) is 0 Å². The highest BCUT2D eigenvalue weighted by atomic mass is 16.5. The van der Waals surface area contributed by atoms with Crippen LogP contribution in [0.15, 0.2) is 11.6 Å². The quantitative estimate of drug-likeness (QED) is 0.467. The summed E-state index contributed by atoms with van der Waals surface area (Å²) in [5.74, 6) is 2.97. The summed E-state index contributed by atoms with van der Waals surface area (Å²) in [6, 6.07) is 2.31. The molecule has 0 aliphatic heterocycles. The highest BCUT2D eigenvalue weighted by Gasteiger charge is 2.59. The van der Waals surface area contributed by atoms with E-state index in [1.165, 1.54) is 44.1 Å². The molecule has 4 aliphatic rings. The van der Waals surface area contributed by atoms with Gasteiger partial charge in [0.15, 0.2) is 0 Å². The molecule has 26 heavy (non-hydrogen) atoms. The van der Waals surface area contributed by atoms with E-state index < -0.39 is 0 Å². The number of nitrogens with zero attached hydrogens (tertiary/aromatic N) is 1. The Morgan fingerprint density at radius 1 is 1.15 bits per heavy atom. The molecule has 3 heteroatoms. The van der Waals surface area contributed by atoms with E-state index in [4.69, 9.17) is 4.74 Å². The lowest BCUT2D eigenvalue weighted by Gasteiger charge is -2.60. The van der Waals surface area contributed by atoms with Gasteiger partial charge in [-0.25, -0.2) is 0 Å². The average Bonchev–Trinajstić information content (AvgIpc) is 2.91. The first-order valence-electron chi connectivity index (χ1n) is 10.6. The molecule has 0 heterocycles. The van der Waals surface area contributed by atoms with E-state index in [9.17, 15) is 10.1 Å². The van der Waals surface area contributed by atoms with Crippen molar-refractivity contribution in [2.45, 2.75) is 84.7 Å². The maximum absolute atomic E-state index is 11.5. The topological polar surface area (TPSA) is 50.1 Å². The van der Waals surface area contributed by atoms with Gasteiger partial charge in [0.2, 0.25) is 0 Å². The van der Waals surface area contributed by atoms with Crippen LogP contribution in [0.1, 0.15) is 78.6 Å². The summed E-state index contributed by atoms with van der Waals surface area (Å²) in [5, 5.41) is 9.19. The third kappa shape index (κ3) is 2.63. The number of ether oxygens (including phenoxy) is 1. The number of esters is 1. The Morgan fingerprint density at radius 2 is 1.92 bits per heavy atom. The predicted molar refractivity (Wildman–Crippen MR) is 101 cm³/mol. The number of rotatable bonds is 1. The minimum Gasteiger partial charge on any atom is -0.463 e. The normalized spacial score (nSPS) is 48.8. The highest BCUT2D eigenvalue weighted by molar-refractivity contribution is 5.66. The van der Waals surface area contributed by atoms with Crippen LogP contribution in [-0.2, 0) is 9.53 Å². The van der Waals surface area contributed by atoms with Crippen LogP contribution in [-0.4, -0.2) is 12.1 Å². The molecule has 0 aromatic rings. The third-order valence-corrected chi connectivity index (χ3v) is 8.99. The van der Waals surface area contributed by atoms with Gasteiger partial charge in [0.05, 0.1) is 6.07 Å². The van der Waals surface area contributed by atoms with Crippen molar-refractivity contribution < 1.29 is 9.53 Å². The molecule has 7 unspecified atom stereocenters. The molecule has 0 aromatic carbocycles. The average molecular weight is 356 g/mol. The number of hydrogen-bond donors (Lipinski definition) is 0. The first-order valence-corrected chi connectivity index (χ1v) is 10.6. The van der Waals surface area contributed by atoms with Gasteiger partial charge in [-0.15, -0.1) is 0 Å². The molecule has 0 radical (unpaired) electrons. The Balaban J connectivity index is 1.59. The Labute approximate surface area is 158 Å². The standard InChI is InChI=1S/C23H33NO2/c1-15(25)26-18-7-4-16-5-8-19-20-9-6-17(11-13-24)22(20,2)12-10-21(19)23(16,3)14-18/h11,16,18-21H,4-10,12,14H2,1-3H3/b17-11-. The molecule has 142 valence electrons. The van der Waals surface area contributed by atoms with Crippen LogP contribution in [0.4, 0.5) is 0 Å². The van der Waals surface area contributed by atoms with E-state index in [1.807, 2.05) is 6.08 Å². The molecular formula is C23H33NO2. The molecule has 0 bridgehead atoms. The van der Waals surface area contributed by atoms with Crippen molar-refractivity contribution in [1.82, 2.24) is 0 Å². The second kappa shape index (κ2) is 6.39. The molecule has 4 fully saturated rings. The second-order valence-electron chi connectivity index (χ2n) is 9.96. The zero-order valence-corrected chi connectivity index (χ0v) is 16.6. The molecule has 0 saturated heterocycles. The summed E-state index contributed by atoms with van der Waals surface area (Å²) in [4.78, 5) is 11.5. The van der Waals surface area contributed by atoms with Crippen molar-refractivity contribution in [2.75, 3.05) is 0 Å². The van der Waals surface area contributed by atoms with Gasteiger partial charge >= 0.3 is 5.97 Å². The van der Waals surface area contributed by atoms with E-state index in [2.05, 4.69) is 19.9 Å². The molecule has 3 nitrogen and oxygen atoms in total. The van der Waals surface area contributed by atoms with Gasteiger partial charge < -0.3 is 4.74 Å². The van der Waals surface area contributed by atoms with Crippen LogP contribution in [0.25, 0.3) is 0 Å². The summed E-state index contributed by atoms with van der Waals surface area (Å²) >= 11 is 0. The van der Waals surface area contributed by atoms with Crippen molar-refractivity contribution in [3.63, 3.8) is 0 Å². The molecular weight excluding hydrogens is 322 g/mol. The molecule has 0 spiro atoms. The fraction of sp³-hybridized carbons (Fsp3) is 0.826. The number of allylic oxidation sites excluding steroid dienone is 2. The second-order valence-corrected chi connectivity index (χ2v) is 9.96. The minimum absolute atomic E-state index is 0.122. The Kier molecular flexibility index (Phi) is 4.45. The van der Waals surface area contributed by atoms with Gasteiger partial charge in [0.1, 0.15) is 6.10 Å². The van der Waals surface area contributed by atoms with E-state index in [-0.39, 0.29) is 17.5 Å². The summed E-state index contributed by atoms with van der Waals surface area (Å²) in [6.45, 7) is 6.49. The van der Waals surface area contributed by atoms with Crippen LogP contribution in [0.3, 0.4) is 0 Å². The van der Waals surface area contributed by atoms with Crippen molar-refractivity contribution in [3.8, 4) is 6.07 Å². The van der Waals surface area contributed by atoms with E-state index in [1.54, 1.807) is 6.92 Å². The fourth-order valence-electron chi connectivity index (χ4n) is 7.80. The molecule has 0 aromatic heterocycles. The van der Waals surface area contributed by atoms with Crippen molar-refractivity contribution in [2.24, 2.45) is 34.5 Å². The molecule has 4 rings (SSSR count). The van der Waals surface area contributed by atoms with Gasteiger partial charge in [-0.3, -0.25) is 4.79 Å². The Bertz CT molecular complexity index is 662. The number of nitriles is 1. The van der Waals surface area contributed by atoms with Crippen molar-refractivity contribution in [3.05, 3.63) is 11.6 Å². The lowest BCUT2D eigenvalue weighted by Crippen LogP contribution is -2.54. The SMILES string of the molecule is CC(=O)OC1CCC2CCC3C4CC/C(=C/C#N)C4(C)CCC3C2(C)C1. The van der Waals surface area contributed by atoms with E-state index in [0.29, 0.717) is 5.41 Å². The van der Waals surface area contributed by atoms with Crippen LogP contribution in [0, 0.1) is 45.8 Å². The predicted octanol–water partition coefficient (Wildman–Crippen LogP) is 5.41. The van der Waals surface area contributed by atoms with Gasteiger partial charge in [0, 0.05) is 13.0 Å².